The predicted octanol–water partition coefficient (Wildman–Crippen LogP) is 3.92. The highest BCUT2D eigenvalue weighted by molar-refractivity contribution is 9.10. The number of carbonyl (C=O) groups excluding carboxylic acids is 1. The molecule has 0 aliphatic heterocycles. The second-order valence-corrected chi connectivity index (χ2v) is 6.61. The van der Waals surface area contributed by atoms with E-state index < -0.39 is 0 Å². The molecule has 2 aromatic carbocycles. The first-order valence-electron chi connectivity index (χ1n) is 6.97. The number of halogens is 1. The first-order valence-corrected chi connectivity index (χ1v) is 8.64. The Morgan fingerprint density at radius 1 is 1.13 bits per heavy atom. The number of benzene rings is 2. The molecule has 0 radical (unpaired) electrons. The highest BCUT2D eigenvalue weighted by Crippen LogP contribution is 2.24. The monoisotopic (exact) mass is 387 g/mol. The minimum absolute atomic E-state index is 0.191. The molecular formula is C17H14BrN3OS. The minimum Gasteiger partial charge on any atom is -0.284 e. The maximum absolute atomic E-state index is 11.2. The molecule has 1 N–H and O–H groups in total. The Balaban J connectivity index is 2.19. The Bertz CT molecular complexity index is 882. The average molecular weight is 388 g/mol. The fraction of sp³-hybridized carbons (Fsp3) is 0.0588. The van der Waals surface area contributed by atoms with E-state index in [0.29, 0.717) is 4.80 Å². The van der Waals surface area contributed by atoms with Crippen LogP contribution in [0.5, 0.6) is 0 Å². The zero-order valence-electron chi connectivity index (χ0n) is 12.4. The molecular weight excluding hydrogens is 374 g/mol. The molecule has 3 aromatic rings. The van der Waals surface area contributed by atoms with Crippen LogP contribution in [0.2, 0.25) is 0 Å². The molecule has 23 heavy (non-hydrogen) atoms. The lowest BCUT2D eigenvalue weighted by Crippen LogP contribution is -2.21. The molecule has 0 saturated heterocycles. The first-order chi connectivity index (χ1) is 11.1. The van der Waals surface area contributed by atoms with E-state index in [1.807, 2.05) is 64.5 Å². The third-order valence-electron chi connectivity index (χ3n) is 3.17. The van der Waals surface area contributed by atoms with Gasteiger partial charge < -0.3 is 0 Å². The lowest BCUT2D eigenvalue weighted by molar-refractivity contribution is -0.119. The Hall–Kier alpha value is -2.18. The van der Waals surface area contributed by atoms with Crippen LogP contribution >= 0.6 is 27.3 Å². The Kier molecular flexibility index (Phi) is 4.73. The van der Waals surface area contributed by atoms with Crippen molar-refractivity contribution in [3.63, 3.8) is 0 Å². The molecule has 0 unspecified atom stereocenters. The molecule has 0 saturated carbocycles. The summed E-state index contributed by atoms with van der Waals surface area (Å²) in [6.07, 6.45) is 0. The topological polar surface area (TPSA) is 46.4 Å². The maximum Gasteiger partial charge on any atom is 0.237 e. The van der Waals surface area contributed by atoms with Gasteiger partial charge in [0.1, 0.15) is 0 Å². The SMILES string of the molecule is CC(=O)NN=c1scc(-c2ccc(Br)cc2)n1-c1ccccc1. The lowest BCUT2D eigenvalue weighted by atomic mass is 10.1. The van der Waals surface area contributed by atoms with Gasteiger partial charge in [0.2, 0.25) is 10.7 Å². The largest absolute Gasteiger partial charge is 0.284 e. The van der Waals surface area contributed by atoms with E-state index in [1.165, 1.54) is 18.3 Å². The summed E-state index contributed by atoms with van der Waals surface area (Å²) in [6.45, 7) is 1.44. The van der Waals surface area contributed by atoms with E-state index in [9.17, 15) is 4.79 Å². The number of rotatable bonds is 3. The quantitative estimate of drug-likeness (QED) is 0.680. The van der Waals surface area contributed by atoms with Crippen LogP contribution in [-0.2, 0) is 4.79 Å². The van der Waals surface area contributed by atoms with Crippen LogP contribution in [-0.4, -0.2) is 10.5 Å². The summed E-state index contributed by atoms with van der Waals surface area (Å²) >= 11 is 4.94. The number of hydrogen-bond donors (Lipinski definition) is 1. The molecule has 6 heteroatoms. The highest BCUT2D eigenvalue weighted by Gasteiger charge is 2.10. The highest BCUT2D eigenvalue weighted by atomic mass is 79.9. The van der Waals surface area contributed by atoms with E-state index in [0.717, 1.165) is 21.4 Å². The molecule has 4 nitrogen and oxygen atoms in total. The van der Waals surface area contributed by atoms with E-state index >= 15 is 0 Å². The van der Waals surface area contributed by atoms with Crippen LogP contribution in [0.3, 0.4) is 0 Å². The van der Waals surface area contributed by atoms with Crippen LogP contribution in [0.25, 0.3) is 16.9 Å². The number of para-hydroxylation sites is 1. The Labute approximate surface area is 146 Å². The van der Waals surface area contributed by atoms with E-state index in [2.05, 4.69) is 26.5 Å². The molecule has 0 aliphatic carbocycles. The van der Waals surface area contributed by atoms with Crippen LogP contribution in [0, 0.1) is 0 Å². The molecule has 0 atom stereocenters. The van der Waals surface area contributed by atoms with Gasteiger partial charge in [0.25, 0.3) is 0 Å². The van der Waals surface area contributed by atoms with Crippen molar-refractivity contribution in [2.75, 3.05) is 0 Å². The summed E-state index contributed by atoms with van der Waals surface area (Å²) in [6, 6.07) is 18.1. The molecule has 0 spiro atoms. The molecule has 1 amide bonds. The number of nitrogens with one attached hydrogen (secondary N) is 1. The van der Waals surface area contributed by atoms with Crippen molar-refractivity contribution < 1.29 is 4.79 Å². The van der Waals surface area contributed by atoms with Crippen molar-refractivity contribution in [3.8, 4) is 16.9 Å². The van der Waals surface area contributed by atoms with Crippen LogP contribution in [0.15, 0.2) is 69.6 Å². The Morgan fingerprint density at radius 2 is 1.83 bits per heavy atom. The first kappa shape index (κ1) is 15.7. The van der Waals surface area contributed by atoms with Gasteiger partial charge in [-0.15, -0.1) is 16.4 Å². The van der Waals surface area contributed by atoms with Crippen LogP contribution in [0.4, 0.5) is 0 Å². The lowest BCUT2D eigenvalue weighted by Gasteiger charge is -2.09. The zero-order chi connectivity index (χ0) is 16.2. The van der Waals surface area contributed by atoms with Crippen molar-refractivity contribution in [2.24, 2.45) is 5.10 Å². The molecule has 0 aliphatic rings. The van der Waals surface area contributed by atoms with Gasteiger partial charge in [-0.1, -0.05) is 46.3 Å². The molecule has 0 fully saturated rings. The van der Waals surface area contributed by atoms with Gasteiger partial charge in [-0.2, -0.15) is 0 Å². The summed E-state index contributed by atoms with van der Waals surface area (Å²) < 4.78 is 3.06. The van der Waals surface area contributed by atoms with Crippen LogP contribution < -0.4 is 10.2 Å². The normalized spacial score (nSPS) is 11.5. The van der Waals surface area contributed by atoms with Gasteiger partial charge in [-0.05, 0) is 29.8 Å². The standard InChI is InChI=1S/C17H14BrN3OS/c1-12(22)19-20-17-21(15-5-3-2-4-6-15)16(11-23-17)13-7-9-14(18)10-8-13/h2-11H,1H3,(H,19,22). The molecule has 0 bridgehead atoms. The summed E-state index contributed by atoms with van der Waals surface area (Å²) in [5.74, 6) is -0.191. The summed E-state index contributed by atoms with van der Waals surface area (Å²) in [5, 5.41) is 6.26. The van der Waals surface area contributed by atoms with E-state index in [4.69, 9.17) is 0 Å². The summed E-state index contributed by atoms with van der Waals surface area (Å²) in [5.41, 5.74) is 5.62. The molecule has 3 rings (SSSR count). The second kappa shape index (κ2) is 6.93. The number of thiazole rings is 1. The minimum atomic E-state index is -0.191. The fourth-order valence-electron chi connectivity index (χ4n) is 2.16. The second-order valence-electron chi connectivity index (χ2n) is 4.86. The van der Waals surface area contributed by atoms with E-state index in [1.54, 1.807) is 0 Å². The zero-order valence-corrected chi connectivity index (χ0v) is 14.8. The van der Waals surface area contributed by atoms with Gasteiger partial charge in [-0.3, -0.25) is 9.36 Å². The number of carbonyl (C=O) groups is 1. The maximum atomic E-state index is 11.2. The number of amides is 1. The van der Waals surface area contributed by atoms with Crippen LogP contribution in [0.1, 0.15) is 6.92 Å². The molecule has 1 aromatic heterocycles. The smallest absolute Gasteiger partial charge is 0.237 e. The van der Waals surface area contributed by atoms with Gasteiger partial charge in [0.05, 0.1) is 5.69 Å². The summed E-state index contributed by atoms with van der Waals surface area (Å²) in [4.78, 5) is 11.9. The fourth-order valence-corrected chi connectivity index (χ4v) is 3.29. The van der Waals surface area contributed by atoms with Gasteiger partial charge >= 0.3 is 0 Å². The van der Waals surface area contributed by atoms with E-state index in [-0.39, 0.29) is 5.91 Å². The predicted molar refractivity (Wildman–Crippen MR) is 96.2 cm³/mol. The summed E-state index contributed by atoms with van der Waals surface area (Å²) in [7, 11) is 0. The number of hydrogen-bond acceptors (Lipinski definition) is 3. The molecule has 1 heterocycles. The van der Waals surface area contributed by atoms with Gasteiger partial charge in [-0.25, -0.2) is 5.43 Å². The number of aromatic nitrogens is 1. The van der Waals surface area contributed by atoms with Crippen molar-refractivity contribution in [1.82, 2.24) is 9.99 Å². The van der Waals surface area contributed by atoms with Gasteiger partial charge in [0, 0.05) is 22.5 Å². The third-order valence-corrected chi connectivity index (χ3v) is 4.53. The van der Waals surface area contributed by atoms with Crippen molar-refractivity contribution in [2.45, 2.75) is 6.92 Å². The van der Waals surface area contributed by atoms with Gasteiger partial charge in [0.15, 0.2) is 0 Å². The van der Waals surface area contributed by atoms with Crippen molar-refractivity contribution >= 4 is 33.2 Å². The number of nitrogens with zero attached hydrogens (tertiary/aromatic N) is 2. The Morgan fingerprint density at radius 3 is 2.48 bits per heavy atom. The van der Waals surface area contributed by atoms with Crippen molar-refractivity contribution in [3.05, 3.63) is 69.3 Å². The van der Waals surface area contributed by atoms with Crippen molar-refractivity contribution in [1.29, 1.82) is 0 Å². The average Bonchev–Trinajstić information content (AvgIpc) is 2.98. The molecule has 116 valence electrons. The third kappa shape index (κ3) is 3.60.